The van der Waals surface area contributed by atoms with Gasteiger partial charge >= 0.3 is 12.2 Å². The number of halogens is 4. The summed E-state index contributed by atoms with van der Waals surface area (Å²) in [6.07, 6.45) is -3.16. The molecule has 2 heterocycles. The van der Waals surface area contributed by atoms with E-state index in [9.17, 15) is 23.1 Å². The molecule has 3 rings (SSSR count). The van der Waals surface area contributed by atoms with Crippen LogP contribution in [0.2, 0.25) is 5.02 Å². The van der Waals surface area contributed by atoms with Crippen molar-refractivity contribution in [1.29, 1.82) is 0 Å². The van der Waals surface area contributed by atoms with Gasteiger partial charge in [0.2, 0.25) is 5.60 Å². The Morgan fingerprint density at radius 2 is 1.97 bits per heavy atom. The molecule has 1 fully saturated rings. The molecule has 2 aromatic rings. The van der Waals surface area contributed by atoms with E-state index in [0.717, 1.165) is 10.3 Å². The molecule has 0 bridgehead atoms. The van der Waals surface area contributed by atoms with Crippen LogP contribution in [-0.2, 0) is 12.6 Å². The Morgan fingerprint density at radius 1 is 1.27 bits per heavy atom. The van der Waals surface area contributed by atoms with Crippen LogP contribution in [-0.4, -0.2) is 64.5 Å². The molecule has 1 aliphatic rings. The predicted molar refractivity (Wildman–Crippen MR) is 106 cm³/mol. The van der Waals surface area contributed by atoms with Crippen molar-refractivity contribution < 1.29 is 23.1 Å². The van der Waals surface area contributed by atoms with Crippen molar-refractivity contribution in [2.75, 3.05) is 37.6 Å². The molecule has 1 unspecified atom stereocenters. The highest BCUT2D eigenvalue weighted by molar-refractivity contribution is 6.30. The van der Waals surface area contributed by atoms with Gasteiger partial charge in [0.1, 0.15) is 5.82 Å². The Morgan fingerprint density at radius 3 is 2.53 bits per heavy atom. The molecule has 0 saturated carbocycles. The first-order valence-corrected chi connectivity index (χ1v) is 9.80. The number of amides is 2. The molecule has 164 valence electrons. The standard InChI is InChI=1S/C19H23ClF3N5O2/c1-26-8-7-24-16(26)18(30,19(21,22)23)5-6-25-17(29)28-11-9-27(10-12-28)15-4-2-3-14(20)13-15/h2-4,7-8,13,30H,5-6,9-12H2,1H3,(H,25,29). The zero-order chi connectivity index (χ0) is 21.9. The molecule has 11 heteroatoms. The highest BCUT2D eigenvalue weighted by Crippen LogP contribution is 2.40. The number of hydrogen-bond acceptors (Lipinski definition) is 4. The summed E-state index contributed by atoms with van der Waals surface area (Å²) in [7, 11) is 1.37. The molecule has 7 nitrogen and oxygen atoms in total. The monoisotopic (exact) mass is 445 g/mol. The summed E-state index contributed by atoms with van der Waals surface area (Å²) < 4.78 is 41.7. The Bertz CT molecular complexity index is 883. The van der Waals surface area contributed by atoms with Gasteiger partial charge in [0, 0.05) is 69.3 Å². The lowest BCUT2D eigenvalue weighted by atomic mass is 9.97. The molecular formula is C19H23ClF3N5O2. The van der Waals surface area contributed by atoms with Crippen LogP contribution >= 0.6 is 11.6 Å². The van der Waals surface area contributed by atoms with Gasteiger partial charge in [-0.3, -0.25) is 0 Å². The van der Waals surface area contributed by atoms with E-state index in [0.29, 0.717) is 31.2 Å². The second-order valence-corrected chi connectivity index (χ2v) is 7.59. The van der Waals surface area contributed by atoms with Gasteiger partial charge in [-0.15, -0.1) is 0 Å². The summed E-state index contributed by atoms with van der Waals surface area (Å²) in [6.45, 7) is 1.64. The van der Waals surface area contributed by atoms with Crippen LogP contribution in [0, 0.1) is 0 Å². The first kappa shape index (κ1) is 22.2. The van der Waals surface area contributed by atoms with Gasteiger partial charge in [-0.2, -0.15) is 13.2 Å². The molecule has 1 aromatic carbocycles. The number of carbonyl (C=O) groups is 1. The molecule has 30 heavy (non-hydrogen) atoms. The first-order chi connectivity index (χ1) is 14.1. The van der Waals surface area contributed by atoms with Crippen LogP contribution in [0.15, 0.2) is 36.7 Å². The average Bonchev–Trinajstić information content (AvgIpc) is 3.13. The Balaban J connectivity index is 1.54. The molecule has 1 aromatic heterocycles. The van der Waals surface area contributed by atoms with Crippen LogP contribution in [0.4, 0.5) is 23.7 Å². The largest absolute Gasteiger partial charge is 0.424 e. The van der Waals surface area contributed by atoms with Crippen molar-refractivity contribution in [3.8, 4) is 0 Å². The van der Waals surface area contributed by atoms with E-state index >= 15 is 0 Å². The van der Waals surface area contributed by atoms with Crippen LogP contribution in [0.3, 0.4) is 0 Å². The second-order valence-electron chi connectivity index (χ2n) is 7.16. The summed E-state index contributed by atoms with van der Waals surface area (Å²) in [4.78, 5) is 19.6. The average molecular weight is 446 g/mol. The lowest BCUT2D eigenvalue weighted by molar-refractivity contribution is -0.272. The number of imidazole rings is 1. The van der Waals surface area contributed by atoms with Crippen LogP contribution in [0.1, 0.15) is 12.2 Å². The molecule has 1 saturated heterocycles. The van der Waals surface area contributed by atoms with E-state index in [1.54, 1.807) is 6.07 Å². The third kappa shape index (κ3) is 4.65. The van der Waals surface area contributed by atoms with Crippen LogP contribution in [0.25, 0.3) is 0 Å². The Kier molecular flexibility index (Phi) is 6.47. The van der Waals surface area contributed by atoms with Crippen LogP contribution in [0.5, 0.6) is 0 Å². The number of carbonyl (C=O) groups excluding carboxylic acids is 1. The summed E-state index contributed by atoms with van der Waals surface area (Å²) in [5, 5.41) is 13.4. The van der Waals surface area contributed by atoms with Gasteiger partial charge in [-0.25, -0.2) is 9.78 Å². The predicted octanol–water partition coefficient (Wildman–Crippen LogP) is 2.75. The molecule has 0 radical (unpaired) electrons. The number of rotatable bonds is 5. The maximum Gasteiger partial charge on any atom is 0.424 e. The van der Waals surface area contributed by atoms with Crippen molar-refractivity contribution in [3.63, 3.8) is 0 Å². The van der Waals surface area contributed by atoms with Gasteiger partial charge in [-0.05, 0) is 18.2 Å². The number of anilines is 1. The molecule has 1 aliphatic heterocycles. The minimum absolute atomic E-state index is 0.351. The maximum atomic E-state index is 13.5. The van der Waals surface area contributed by atoms with Gasteiger partial charge in [0.15, 0.2) is 0 Å². The molecule has 1 atom stereocenters. The number of aliphatic hydroxyl groups is 1. The maximum absolute atomic E-state index is 13.5. The van der Waals surface area contributed by atoms with Gasteiger partial charge in [0.25, 0.3) is 0 Å². The number of aromatic nitrogens is 2. The minimum atomic E-state index is -4.93. The minimum Gasteiger partial charge on any atom is -0.374 e. The molecular weight excluding hydrogens is 423 g/mol. The zero-order valence-corrected chi connectivity index (χ0v) is 17.1. The number of alkyl halides is 3. The Labute approximate surface area is 177 Å². The summed E-state index contributed by atoms with van der Waals surface area (Å²) in [6, 6.07) is 6.93. The summed E-state index contributed by atoms with van der Waals surface area (Å²) in [5.74, 6) is -0.514. The topological polar surface area (TPSA) is 73.6 Å². The van der Waals surface area contributed by atoms with E-state index < -0.39 is 30.1 Å². The number of benzene rings is 1. The smallest absolute Gasteiger partial charge is 0.374 e. The van der Waals surface area contributed by atoms with Crippen molar-refractivity contribution in [2.24, 2.45) is 7.05 Å². The molecule has 2 amide bonds. The van der Waals surface area contributed by atoms with E-state index in [2.05, 4.69) is 15.2 Å². The third-order valence-corrected chi connectivity index (χ3v) is 5.40. The fraction of sp³-hybridized carbons (Fsp3) is 0.474. The number of aryl methyl sites for hydroxylation is 1. The number of piperazine rings is 1. The van der Waals surface area contributed by atoms with E-state index in [1.807, 2.05) is 18.2 Å². The first-order valence-electron chi connectivity index (χ1n) is 9.42. The highest BCUT2D eigenvalue weighted by Gasteiger charge is 2.57. The quantitative estimate of drug-likeness (QED) is 0.742. The van der Waals surface area contributed by atoms with Crippen molar-refractivity contribution >= 4 is 23.3 Å². The fourth-order valence-corrected chi connectivity index (χ4v) is 3.63. The summed E-state index contributed by atoms with van der Waals surface area (Å²) in [5.41, 5.74) is -2.20. The SMILES string of the molecule is Cn1ccnc1C(O)(CCNC(=O)N1CCN(c2cccc(Cl)c2)CC1)C(F)(F)F. The van der Waals surface area contributed by atoms with Crippen molar-refractivity contribution in [2.45, 2.75) is 18.2 Å². The molecule has 0 aliphatic carbocycles. The fourth-order valence-electron chi connectivity index (χ4n) is 3.45. The lowest BCUT2D eigenvalue weighted by Crippen LogP contribution is -2.53. The number of nitrogens with one attached hydrogen (secondary N) is 1. The zero-order valence-electron chi connectivity index (χ0n) is 16.4. The van der Waals surface area contributed by atoms with E-state index in [-0.39, 0.29) is 6.54 Å². The normalized spacial score (nSPS) is 17.0. The lowest BCUT2D eigenvalue weighted by Gasteiger charge is -2.36. The highest BCUT2D eigenvalue weighted by atomic mass is 35.5. The number of hydrogen-bond donors (Lipinski definition) is 2. The van der Waals surface area contributed by atoms with Crippen molar-refractivity contribution in [1.82, 2.24) is 19.8 Å². The summed E-state index contributed by atoms with van der Waals surface area (Å²) >= 11 is 6.01. The van der Waals surface area contributed by atoms with Crippen molar-refractivity contribution in [3.05, 3.63) is 47.5 Å². The van der Waals surface area contributed by atoms with Crippen LogP contribution < -0.4 is 10.2 Å². The van der Waals surface area contributed by atoms with E-state index in [1.165, 1.54) is 24.3 Å². The molecule has 2 N–H and O–H groups in total. The second kappa shape index (κ2) is 8.73. The van der Waals surface area contributed by atoms with Gasteiger partial charge in [-0.1, -0.05) is 17.7 Å². The molecule has 0 spiro atoms. The van der Waals surface area contributed by atoms with E-state index in [4.69, 9.17) is 11.6 Å². The number of nitrogens with zero attached hydrogens (tertiary/aromatic N) is 4. The van der Waals surface area contributed by atoms with Gasteiger partial charge in [0.05, 0.1) is 0 Å². The number of urea groups is 1. The van der Waals surface area contributed by atoms with Gasteiger partial charge < -0.3 is 24.8 Å². The Hall–Kier alpha value is -2.46. The third-order valence-electron chi connectivity index (χ3n) is 5.16.